The van der Waals surface area contributed by atoms with Crippen LogP contribution in [0.4, 0.5) is 0 Å². The van der Waals surface area contributed by atoms with Crippen molar-refractivity contribution in [3.05, 3.63) is 35.9 Å². The number of rotatable bonds is 13. The molecule has 2 fully saturated rings. The molecular formula is C26H34O12. The second-order valence-corrected chi connectivity index (χ2v) is 10.0. The highest BCUT2D eigenvalue weighted by Crippen LogP contribution is 2.55. The first kappa shape index (κ1) is 29.5. The van der Waals surface area contributed by atoms with Gasteiger partial charge in [0.15, 0.2) is 6.10 Å². The quantitative estimate of drug-likeness (QED) is 0.179. The SMILES string of the molecule is CCCC(=O)O[C@@H]1[C@@H](O)C2(CCCC[C@H](C)Cc3ccccc3)OC(C(=O)O)C(O)(C(=O)O)C1(C(=O)O)O2. The summed E-state index contributed by atoms with van der Waals surface area (Å²) < 4.78 is 16.1. The van der Waals surface area contributed by atoms with Gasteiger partial charge in [-0.25, -0.2) is 14.4 Å². The first-order chi connectivity index (χ1) is 17.9. The van der Waals surface area contributed by atoms with E-state index in [-0.39, 0.29) is 31.6 Å². The Bertz CT molecular complexity index is 1040. The molecule has 0 radical (unpaired) electrons. The molecule has 38 heavy (non-hydrogen) atoms. The van der Waals surface area contributed by atoms with Gasteiger partial charge in [-0.3, -0.25) is 4.79 Å². The predicted molar refractivity (Wildman–Crippen MR) is 128 cm³/mol. The summed E-state index contributed by atoms with van der Waals surface area (Å²) in [5, 5.41) is 52.0. The van der Waals surface area contributed by atoms with Crippen LogP contribution in [0.25, 0.3) is 0 Å². The minimum absolute atomic E-state index is 0.208. The molecule has 12 nitrogen and oxygen atoms in total. The number of aliphatic hydroxyl groups is 2. The minimum atomic E-state index is -3.74. The molecule has 0 aliphatic carbocycles. The molecule has 0 saturated carbocycles. The Morgan fingerprint density at radius 1 is 1.05 bits per heavy atom. The number of carbonyl (C=O) groups excluding carboxylic acids is 1. The van der Waals surface area contributed by atoms with Crippen molar-refractivity contribution >= 4 is 23.9 Å². The lowest BCUT2D eigenvalue weighted by atomic mass is 9.74. The normalized spacial score (nSPS) is 32.9. The number of aliphatic hydroxyl groups excluding tert-OH is 1. The van der Waals surface area contributed by atoms with Crippen LogP contribution in [0, 0.1) is 5.92 Å². The van der Waals surface area contributed by atoms with Gasteiger partial charge in [0.2, 0.25) is 23.1 Å². The fourth-order valence-corrected chi connectivity index (χ4v) is 5.33. The van der Waals surface area contributed by atoms with Crippen LogP contribution in [-0.2, 0) is 39.8 Å². The highest BCUT2D eigenvalue weighted by atomic mass is 16.8. The van der Waals surface area contributed by atoms with Crippen molar-refractivity contribution in [2.24, 2.45) is 5.92 Å². The number of fused-ring (bicyclic) bond motifs is 2. The largest absolute Gasteiger partial charge is 0.479 e. The molecule has 2 bridgehead atoms. The maximum Gasteiger partial charge on any atom is 0.344 e. The number of benzene rings is 1. The molecule has 2 aliphatic rings. The maximum absolute atomic E-state index is 12.6. The van der Waals surface area contributed by atoms with Crippen LogP contribution in [0.5, 0.6) is 0 Å². The Labute approximate surface area is 219 Å². The molecule has 4 unspecified atom stereocenters. The van der Waals surface area contributed by atoms with Crippen LogP contribution in [0.2, 0.25) is 0 Å². The van der Waals surface area contributed by atoms with Crippen molar-refractivity contribution in [3.8, 4) is 0 Å². The van der Waals surface area contributed by atoms with Crippen molar-refractivity contribution in [3.63, 3.8) is 0 Å². The van der Waals surface area contributed by atoms with Gasteiger partial charge in [0.25, 0.3) is 0 Å². The number of unbranched alkanes of at least 4 members (excludes halogenated alkanes) is 1. The fourth-order valence-electron chi connectivity index (χ4n) is 5.33. The summed E-state index contributed by atoms with van der Waals surface area (Å²) in [5.74, 6) is -9.48. The molecule has 0 spiro atoms. The Morgan fingerprint density at radius 2 is 1.71 bits per heavy atom. The summed E-state index contributed by atoms with van der Waals surface area (Å²) in [6.45, 7) is 3.68. The maximum atomic E-state index is 12.6. The number of aliphatic carboxylic acids is 3. The third-order valence-electron chi connectivity index (χ3n) is 7.21. The number of carbonyl (C=O) groups is 4. The number of ether oxygens (including phenoxy) is 3. The smallest absolute Gasteiger partial charge is 0.344 e. The van der Waals surface area contributed by atoms with E-state index in [1.807, 2.05) is 30.3 Å². The standard InChI is InChI=1S/C26H34O12/c1-3-9-17(27)36-19-18(28)24(13-8-7-10-15(2)14-16-11-5-4-6-12-16)37-20(21(29)30)25(35,22(31)32)26(19,38-24)23(33)34/h4-6,11-12,15,18-20,28,35H,3,7-10,13-14H2,1-2H3,(H,29,30)(H,31,32)(H,33,34)/t15-,18+,19+,20?,24?,25?,26?/m0/s1. The van der Waals surface area contributed by atoms with Crippen molar-refractivity contribution < 1.29 is 58.9 Å². The van der Waals surface area contributed by atoms with Gasteiger partial charge in [-0.1, -0.05) is 57.0 Å². The molecule has 2 saturated heterocycles. The van der Waals surface area contributed by atoms with Crippen LogP contribution in [0.1, 0.15) is 57.9 Å². The first-order valence-corrected chi connectivity index (χ1v) is 12.6. The zero-order chi connectivity index (χ0) is 28.3. The predicted octanol–water partition coefficient (Wildman–Crippen LogP) is 1.35. The van der Waals surface area contributed by atoms with Crippen LogP contribution in [0.3, 0.4) is 0 Å². The Hall–Kier alpha value is -3.06. The van der Waals surface area contributed by atoms with E-state index in [1.54, 1.807) is 6.92 Å². The lowest BCUT2D eigenvalue weighted by molar-refractivity contribution is -0.374. The molecule has 7 atom stereocenters. The van der Waals surface area contributed by atoms with Gasteiger partial charge in [0, 0.05) is 12.8 Å². The monoisotopic (exact) mass is 538 g/mol. The van der Waals surface area contributed by atoms with Crippen LogP contribution >= 0.6 is 0 Å². The third kappa shape index (κ3) is 5.00. The summed E-state index contributed by atoms with van der Waals surface area (Å²) in [4.78, 5) is 49.1. The summed E-state index contributed by atoms with van der Waals surface area (Å²) in [6.07, 6.45) is -4.83. The van der Waals surface area contributed by atoms with Gasteiger partial charge in [-0.2, -0.15) is 0 Å². The number of esters is 1. The van der Waals surface area contributed by atoms with Crippen LogP contribution in [-0.4, -0.2) is 84.7 Å². The van der Waals surface area contributed by atoms with Crippen molar-refractivity contribution in [1.82, 2.24) is 0 Å². The average Bonchev–Trinajstić information content (AvgIpc) is 3.06. The second kappa shape index (κ2) is 11.4. The van der Waals surface area contributed by atoms with E-state index in [0.717, 1.165) is 18.4 Å². The molecule has 3 rings (SSSR count). The number of carboxylic acid groups (broad SMARTS) is 3. The van der Waals surface area contributed by atoms with E-state index in [2.05, 4.69) is 6.92 Å². The first-order valence-electron chi connectivity index (χ1n) is 12.6. The summed E-state index contributed by atoms with van der Waals surface area (Å²) >= 11 is 0. The topological polar surface area (TPSA) is 197 Å². The summed E-state index contributed by atoms with van der Waals surface area (Å²) in [5.41, 5.74) is -5.94. The van der Waals surface area contributed by atoms with E-state index in [1.165, 1.54) is 0 Å². The van der Waals surface area contributed by atoms with Crippen molar-refractivity contribution in [2.45, 2.75) is 94.1 Å². The molecule has 2 aliphatic heterocycles. The molecule has 5 N–H and O–H groups in total. The highest BCUT2D eigenvalue weighted by molar-refractivity contribution is 5.98. The van der Waals surface area contributed by atoms with Gasteiger partial charge in [0.1, 0.15) is 6.10 Å². The fraction of sp³-hybridized carbons (Fsp3) is 0.615. The van der Waals surface area contributed by atoms with E-state index < -0.39 is 59.2 Å². The van der Waals surface area contributed by atoms with Crippen molar-refractivity contribution in [1.29, 1.82) is 0 Å². The lowest BCUT2D eigenvalue weighted by Gasteiger charge is -2.48. The van der Waals surface area contributed by atoms with E-state index in [9.17, 15) is 44.7 Å². The van der Waals surface area contributed by atoms with Gasteiger partial charge in [-0.15, -0.1) is 0 Å². The van der Waals surface area contributed by atoms with E-state index >= 15 is 0 Å². The van der Waals surface area contributed by atoms with Gasteiger partial charge in [-0.05, 0) is 30.7 Å². The van der Waals surface area contributed by atoms with Crippen molar-refractivity contribution in [2.75, 3.05) is 0 Å². The Kier molecular flexibility index (Phi) is 8.82. The zero-order valence-corrected chi connectivity index (χ0v) is 21.2. The second-order valence-electron chi connectivity index (χ2n) is 10.0. The summed E-state index contributed by atoms with van der Waals surface area (Å²) in [7, 11) is 0. The molecular weight excluding hydrogens is 504 g/mol. The van der Waals surface area contributed by atoms with Gasteiger partial charge < -0.3 is 39.7 Å². The molecule has 0 amide bonds. The van der Waals surface area contributed by atoms with Crippen LogP contribution < -0.4 is 0 Å². The Morgan fingerprint density at radius 3 is 2.26 bits per heavy atom. The molecule has 12 heteroatoms. The third-order valence-corrected chi connectivity index (χ3v) is 7.21. The Balaban J connectivity index is 1.89. The van der Waals surface area contributed by atoms with Gasteiger partial charge >= 0.3 is 23.9 Å². The lowest BCUT2D eigenvalue weighted by Crippen LogP contribution is -2.78. The molecule has 2 heterocycles. The number of hydrogen-bond donors (Lipinski definition) is 5. The summed E-state index contributed by atoms with van der Waals surface area (Å²) in [6, 6.07) is 9.82. The minimum Gasteiger partial charge on any atom is -0.479 e. The molecule has 0 aromatic heterocycles. The van der Waals surface area contributed by atoms with E-state index in [4.69, 9.17) is 14.2 Å². The average molecular weight is 539 g/mol. The number of hydrogen-bond acceptors (Lipinski definition) is 9. The number of carboxylic acids is 3. The van der Waals surface area contributed by atoms with E-state index in [0.29, 0.717) is 6.42 Å². The highest BCUT2D eigenvalue weighted by Gasteiger charge is 2.85. The zero-order valence-electron chi connectivity index (χ0n) is 21.2. The molecule has 1 aromatic carbocycles. The molecule has 1 aromatic rings. The molecule has 210 valence electrons. The van der Waals surface area contributed by atoms with Crippen LogP contribution in [0.15, 0.2) is 30.3 Å². The van der Waals surface area contributed by atoms with Gasteiger partial charge in [0.05, 0.1) is 0 Å².